The smallest absolute Gasteiger partial charge is 0.250 e. The summed E-state index contributed by atoms with van der Waals surface area (Å²) in [5.74, 6) is 0.0691. The fraction of sp³-hybridized carbons (Fsp3) is 0.367. The zero-order valence-electron chi connectivity index (χ0n) is 21.2. The van der Waals surface area contributed by atoms with E-state index in [0.717, 1.165) is 42.6 Å². The first-order valence-corrected chi connectivity index (χ1v) is 13.2. The summed E-state index contributed by atoms with van der Waals surface area (Å²) in [5, 5.41) is 4.62. The fourth-order valence-corrected chi connectivity index (χ4v) is 5.73. The lowest BCUT2D eigenvalue weighted by Crippen LogP contribution is -2.47. The summed E-state index contributed by atoms with van der Waals surface area (Å²) in [4.78, 5) is 33.1. The number of benzene rings is 1. The van der Waals surface area contributed by atoms with Gasteiger partial charge in [0.2, 0.25) is 5.91 Å². The number of carbonyl (C=O) groups is 1. The van der Waals surface area contributed by atoms with Gasteiger partial charge in [0.1, 0.15) is 0 Å². The number of fused-ring (bicyclic) bond motifs is 1. The summed E-state index contributed by atoms with van der Waals surface area (Å²) in [6.45, 7) is 2.78. The van der Waals surface area contributed by atoms with Crippen LogP contribution in [-0.2, 0) is 24.9 Å². The Morgan fingerprint density at radius 1 is 1.11 bits per heavy atom. The van der Waals surface area contributed by atoms with Crippen molar-refractivity contribution in [2.75, 3.05) is 13.1 Å². The Morgan fingerprint density at radius 3 is 2.73 bits per heavy atom. The molecular formula is C30H33N5O2. The van der Waals surface area contributed by atoms with Crippen LogP contribution in [0.15, 0.2) is 78.0 Å². The number of pyridine rings is 2. The summed E-state index contributed by atoms with van der Waals surface area (Å²) < 4.78 is 3.83. The molecule has 0 radical (unpaired) electrons. The van der Waals surface area contributed by atoms with Gasteiger partial charge in [0.25, 0.3) is 5.56 Å². The van der Waals surface area contributed by atoms with Crippen molar-refractivity contribution in [2.45, 2.75) is 44.3 Å². The predicted octanol–water partition coefficient (Wildman–Crippen LogP) is 3.67. The molecule has 1 aliphatic heterocycles. The lowest BCUT2D eigenvalue weighted by Gasteiger charge is -2.35. The van der Waals surface area contributed by atoms with Crippen molar-refractivity contribution in [3.63, 3.8) is 0 Å². The van der Waals surface area contributed by atoms with Gasteiger partial charge in [-0.25, -0.2) is 0 Å². The summed E-state index contributed by atoms with van der Waals surface area (Å²) in [7, 11) is 1.76. The van der Waals surface area contributed by atoms with Gasteiger partial charge in [0.05, 0.1) is 18.2 Å². The van der Waals surface area contributed by atoms with Crippen molar-refractivity contribution < 1.29 is 4.79 Å². The highest BCUT2D eigenvalue weighted by atomic mass is 16.2. The molecule has 0 unspecified atom stereocenters. The number of hydrogen-bond acceptors (Lipinski definition) is 4. The van der Waals surface area contributed by atoms with Gasteiger partial charge in [-0.05, 0) is 67.1 Å². The second-order valence-corrected chi connectivity index (χ2v) is 10.4. The normalized spacial score (nSPS) is 19.7. The van der Waals surface area contributed by atoms with Gasteiger partial charge in [-0.3, -0.25) is 14.6 Å². The van der Waals surface area contributed by atoms with Gasteiger partial charge in [-0.1, -0.05) is 24.3 Å². The van der Waals surface area contributed by atoms with Crippen LogP contribution in [-0.4, -0.2) is 44.1 Å². The lowest BCUT2D eigenvalue weighted by atomic mass is 9.80. The maximum Gasteiger partial charge on any atom is 0.250 e. The molecule has 1 amide bonds. The van der Waals surface area contributed by atoms with Gasteiger partial charge >= 0.3 is 0 Å². The van der Waals surface area contributed by atoms with Crippen LogP contribution in [0.4, 0.5) is 0 Å². The third kappa shape index (κ3) is 4.83. The van der Waals surface area contributed by atoms with Gasteiger partial charge < -0.3 is 19.4 Å². The van der Waals surface area contributed by atoms with Gasteiger partial charge in [-0.15, -0.1) is 0 Å². The standard InChI is InChI=1S/C30H33N5O2/c1-33-15-12-21(16-29(33)36)25-11-14-31-17-27(25)30(37)35(24-9-10-24)19-22-18-34(20-23-6-4-5-13-32-23)28-8-3-2-7-26(22)28/h2-8,12-13,15-16,18,24-25,27,31H,9-11,14,17,19-20H2,1H3/t25-,27+/m1/s1. The molecule has 37 heavy (non-hydrogen) atoms. The van der Waals surface area contributed by atoms with Crippen LogP contribution in [0.3, 0.4) is 0 Å². The molecule has 0 bridgehead atoms. The zero-order chi connectivity index (χ0) is 25.4. The molecular weight excluding hydrogens is 462 g/mol. The number of rotatable bonds is 7. The van der Waals surface area contributed by atoms with E-state index in [1.54, 1.807) is 17.7 Å². The Labute approximate surface area is 216 Å². The lowest BCUT2D eigenvalue weighted by molar-refractivity contribution is -0.138. The van der Waals surface area contributed by atoms with Crippen LogP contribution in [0, 0.1) is 5.92 Å². The molecule has 2 fully saturated rings. The molecule has 2 aliphatic rings. The van der Waals surface area contributed by atoms with Gasteiger partial charge in [0, 0.05) is 61.7 Å². The summed E-state index contributed by atoms with van der Waals surface area (Å²) >= 11 is 0. The van der Waals surface area contributed by atoms with E-state index in [2.05, 4.69) is 50.2 Å². The molecule has 190 valence electrons. The first kappa shape index (κ1) is 23.7. The molecule has 1 saturated carbocycles. The molecule has 4 aromatic rings. The van der Waals surface area contributed by atoms with E-state index >= 15 is 0 Å². The van der Waals surface area contributed by atoms with Crippen LogP contribution in [0.2, 0.25) is 0 Å². The fourth-order valence-electron chi connectivity index (χ4n) is 5.73. The average molecular weight is 496 g/mol. The number of hydrogen-bond donors (Lipinski definition) is 1. The van der Waals surface area contributed by atoms with E-state index < -0.39 is 0 Å². The number of aryl methyl sites for hydroxylation is 1. The Hall–Kier alpha value is -3.71. The molecule has 1 N–H and O–H groups in total. The quantitative estimate of drug-likeness (QED) is 0.425. The number of nitrogens with one attached hydrogen (secondary N) is 1. The van der Waals surface area contributed by atoms with Crippen molar-refractivity contribution >= 4 is 16.8 Å². The molecule has 1 aromatic carbocycles. The summed E-state index contributed by atoms with van der Waals surface area (Å²) in [5.41, 5.74) is 4.28. The van der Waals surface area contributed by atoms with E-state index in [9.17, 15) is 9.59 Å². The third-order valence-electron chi connectivity index (χ3n) is 7.90. The minimum atomic E-state index is -0.177. The first-order valence-electron chi connectivity index (χ1n) is 13.2. The molecule has 0 spiro atoms. The van der Waals surface area contributed by atoms with E-state index in [4.69, 9.17) is 0 Å². The van der Waals surface area contributed by atoms with Crippen LogP contribution in [0.25, 0.3) is 10.9 Å². The minimum absolute atomic E-state index is 0.0259. The van der Waals surface area contributed by atoms with Crippen LogP contribution >= 0.6 is 0 Å². The number of para-hydroxylation sites is 1. The Balaban J connectivity index is 1.30. The van der Waals surface area contributed by atoms with E-state index in [1.807, 2.05) is 36.7 Å². The molecule has 7 heteroatoms. The van der Waals surface area contributed by atoms with Crippen LogP contribution < -0.4 is 10.9 Å². The van der Waals surface area contributed by atoms with E-state index in [-0.39, 0.29) is 29.3 Å². The molecule has 4 heterocycles. The zero-order valence-corrected chi connectivity index (χ0v) is 21.2. The Kier molecular flexibility index (Phi) is 6.38. The largest absolute Gasteiger partial charge is 0.341 e. The Morgan fingerprint density at radius 2 is 1.95 bits per heavy atom. The molecule has 6 rings (SSSR count). The van der Waals surface area contributed by atoms with Crippen molar-refractivity contribution in [2.24, 2.45) is 13.0 Å². The maximum absolute atomic E-state index is 14.1. The van der Waals surface area contributed by atoms with Crippen molar-refractivity contribution in [3.8, 4) is 0 Å². The summed E-state index contributed by atoms with van der Waals surface area (Å²) in [6.07, 6.45) is 8.79. The predicted molar refractivity (Wildman–Crippen MR) is 144 cm³/mol. The van der Waals surface area contributed by atoms with E-state index in [1.165, 1.54) is 10.9 Å². The Bertz CT molecular complexity index is 1470. The van der Waals surface area contributed by atoms with Gasteiger partial charge in [-0.2, -0.15) is 0 Å². The number of carbonyl (C=O) groups excluding carboxylic acids is 1. The molecule has 1 aliphatic carbocycles. The monoisotopic (exact) mass is 495 g/mol. The molecule has 7 nitrogen and oxygen atoms in total. The maximum atomic E-state index is 14.1. The topological polar surface area (TPSA) is 72.2 Å². The number of piperidine rings is 1. The second-order valence-electron chi connectivity index (χ2n) is 10.4. The van der Waals surface area contributed by atoms with Crippen LogP contribution in [0.1, 0.15) is 42.0 Å². The first-order chi connectivity index (χ1) is 18.1. The summed E-state index contributed by atoms with van der Waals surface area (Å²) in [6, 6.07) is 18.4. The second kappa shape index (κ2) is 9.98. The molecule has 1 saturated heterocycles. The van der Waals surface area contributed by atoms with Crippen molar-refractivity contribution in [1.82, 2.24) is 24.3 Å². The van der Waals surface area contributed by atoms with Crippen molar-refractivity contribution in [3.05, 3.63) is 100 Å². The third-order valence-corrected chi connectivity index (χ3v) is 7.90. The number of amides is 1. The molecule has 2 atom stereocenters. The SMILES string of the molecule is Cn1ccc([C@H]2CCNC[C@@H]2C(=O)N(Cc2cn(Cc3ccccn3)c3ccccc23)C2CC2)cc1=O. The van der Waals surface area contributed by atoms with E-state index in [0.29, 0.717) is 19.6 Å². The highest BCUT2D eigenvalue weighted by Gasteiger charge is 2.40. The minimum Gasteiger partial charge on any atom is -0.341 e. The van der Waals surface area contributed by atoms with Crippen molar-refractivity contribution in [1.29, 1.82) is 0 Å². The highest BCUT2D eigenvalue weighted by molar-refractivity contribution is 5.86. The highest BCUT2D eigenvalue weighted by Crippen LogP contribution is 2.36. The number of aromatic nitrogens is 3. The van der Waals surface area contributed by atoms with Gasteiger partial charge in [0.15, 0.2) is 0 Å². The number of nitrogens with zero attached hydrogens (tertiary/aromatic N) is 4. The average Bonchev–Trinajstić information content (AvgIpc) is 3.72. The molecule has 3 aromatic heterocycles. The van der Waals surface area contributed by atoms with Crippen LogP contribution in [0.5, 0.6) is 0 Å².